The van der Waals surface area contributed by atoms with Gasteiger partial charge in [-0.1, -0.05) is 39.3 Å². The van der Waals surface area contributed by atoms with Crippen LogP contribution in [0.5, 0.6) is 0 Å². The Morgan fingerprint density at radius 2 is 1.46 bits per heavy atom. The Bertz CT molecular complexity index is 1570. The molecule has 20 unspecified atom stereocenters. The molecule has 2 heterocycles. The van der Waals surface area contributed by atoms with Crippen LogP contribution >= 0.6 is 0 Å². The molecule has 56 heavy (non-hydrogen) atoms. The van der Waals surface area contributed by atoms with E-state index in [-0.39, 0.29) is 23.9 Å². The first-order valence-electron chi connectivity index (χ1n) is 20.5. The number of esters is 1. The number of allylic oxidation sites excluding steroid dienone is 2. The molecule has 318 valence electrons. The SMILES string of the molecule is CC1(C(=O)OC2OC(CO)C(O)C(O)C2O)CCC2(C)CCC3(C)C(=CCC4C5(C)CCC(OC6OCC(O)C(O)C6O)C(C)(C(=O)O)C5C(O)CC43C)C2C1. The average Bonchev–Trinajstić information content (AvgIpc) is 3.13. The van der Waals surface area contributed by atoms with Crippen molar-refractivity contribution in [2.24, 2.45) is 50.2 Å². The molecule has 0 aromatic rings. The molecule has 2 aliphatic heterocycles. The Labute approximate surface area is 328 Å². The van der Waals surface area contributed by atoms with Crippen molar-refractivity contribution in [3.8, 4) is 0 Å². The summed E-state index contributed by atoms with van der Waals surface area (Å²) in [5.74, 6) is -2.48. The predicted octanol–water partition coefficient (Wildman–Crippen LogP) is 0.991. The van der Waals surface area contributed by atoms with Gasteiger partial charge < -0.3 is 64.9 Å². The number of carboxylic acids is 1. The molecule has 7 rings (SSSR count). The summed E-state index contributed by atoms with van der Waals surface area (Å²) in [7, 11) is 0. The summed E-state index contributed by atoms with van der Waals surface area (Å²) in [5, 5.41) is 95.1. The minimum atomic E-state index is -1.70. The average molecular weight is 797 g/mol. The van der Waals surface area contributed by atoms with Crippen molar-refractivity contribution in [1.82, 2.24) is 0 Å². The van der Waals surface area contributed by atoms with Gasteiger partial charge in [-0.05, 0) is 105 Å². The first-order chi connectivity index (χ1) is 26.0. The van der Waals surface area contributed by atoms with Crippen LogP contribution in [0.25, 0.3) is 0 Å². The minimum absolute atomic E-state index is 0.0132. The molecule has 4 saturated carbocycles. The molecule has 15 nitrogen and oxygen atoms in total. The maximum atomic E-state index is 14.0. The summed E-state index contributed by atoms with van der Waals surface area (Å²) in [6.07, 6.45) is -7.84. The van der Waals surface area contributed by atoms with Crippen molar-refractivity contribution >= 4 is 11.9 Å². The van der Waals surface area contributed by atoms with Crippen LogP contribution < -0.4 is 0 Å². The molecule has 0 radical (unpaired) electrons. The Balaban J connectivity index is 1.17. The van der Waals surface area contributed by atoms with Crippen molar-refractivity contribution in [3.63, 3.8) is 0 Å². The van der Waals surface area contributed by atoms with Crippen molar-refractivity contribution in [3.05, 3.63) is 11.6 Å². The van der Waals surface area contributed by atoms with Gasteiger partial charge in [0.1, 0.15) is 42.7 Å². The number of aliphatic carboxylic acids is 1. The Morgan fingerprint density at radius 3 is 2.12 bits per heavy atom. The zero-order valence-corrected chi connectivity index (χ0v) is 33.4. The van der Waals surface area contributed by atoms with E-state index in [1.54, 1.807) is 6.92 Å². The van der Waals surface area contributed by atoms with E-state index in [1.165, 1.54) is 5.57 Å². The van der Waals surface area contributed by atoms with Gasteiger partial charge >= 0.3 is 11.9 Å². The predicted molar refractivity (Wildman–Crippen MR) is 195 cm³/mol. The molecule has 0 aromatic carbocycles. The van der Waals surface area contributed by atoms with E-state index in [1.807, 2.05) is 6.92 Å². The van der Waals surface area contributed by atoms with Crippen molar-refractivity contribution in [1.29, 1.82) is 0 Å². The summed E-state index contributed by atoms with van der Waals surface area (Å²) >= 11 is 0. The molecule has 6 fully saturated rings. The zero-order valence-electron chi connectivity index (χ0n) is 33.4. The summed E-state index contributed by atoms with van der Waals surface area (Å²) in [5.41, 5.74) is -2.93. The molecular weight excluding hydrogens is 732 g/mol. The van der Waals surface area contributed by atoms with Crippen LogP contribution in [0, 0.1) is 50.2 Å². The molecule has 0 bridgehead atoms. The minimum Gasteiger partial charge on any atom is -0.481 e. The first kappa shape index (κ1) is 42.4. The largest absolute Gasteiger partial charge is 0.481 e. The Kier molecular flexibility index (Phi) is 10.7. The van der Waals surface area contributed by atoms with Crippen LogP contribution in [0.2, 0.25) is 0 Å². The maximum absolute atomic E-state index is 14.0. The molecule has 7 aliphatic rings. The smallest absolute Gasteiger partial charge is 0.314 e. The molecule has 15 heteroatoms. The van der Waals surface area contributed by atoms with Gasteiger partial charge in [0, 0.05) is 5.92 Å². The van der Waals surface area contributed by atoms with Gasteiger partial charge in [0.2, 0.25) is 6.29 Å². The van der Waals surface area contributed by atoms with Crippen LogP contribution in [0.1, 0.15) is 99.3 Å². The van der Waals surface area contributed by atoms with Gasteiger partial charge in [-0.3, -0.25) is 9.59 Å². The highest BCUT2D eigenvalue weighted by molar-refractivity contribution is 5.77. The maximum Gasteiger partial charge on any atom is 0.314 e. The third kappa shape index (κ3) is 6.00. The number of carbonyl (C=O) groups excluding carboxylic acids is 1. The summed E-state index contributed by atoms with van der Waals surface area (Å²) in [6, 6.07) is 0. The van der Waals surface area contributed by atoms with E-state index in [9.17, 15) is 55.5 Å². The van der Waals surface area contributed by atoms with Crippen molar-refractivity contribution < 1.29 is 74.5 Å². The normalized spacial score (nSPS) is 55.7. The lowest BCUT2D eigenvalue weighted by molar-refractivity contribution is -0.314. The van der Waals surface area contributed by atoms with Gasteiger partial charge in [0.15, 0.2) is 6.29 Å². The van der Waals surface area contributed by atoms with Crippen molar-refractivity contribution in [2.75, 3.05) is 13.2 Å². The van der Waals surface area contributed by atoms with E-state index < -0.39 is 119 Å². The second-order valence-electron chi connectivity index (χ2n) is 20.0. The van der Waals surface area contributed by atoms with E-state index in [0.29, 0.717) is 38.5 Å². The van der Waals surface area contributed by atoms with Gasteiger partial charge in [-0.15, -0.1) is 0 Å². The fourth-order valence-electron chi connectivity index (χ4n) is 13.3. The molecule has 0 aromatic heterocycles. The number of aliphatic hydroxyl groups is 8. The number of hydrogen-bond acceptors (Lipinski definition) is 14. The number of hydrogen-bond donors (Lipinski definition) is 9. The van der Waals surface area contributed by atoms with Crippen LogP contribution in [0.3, 0.4) is 0 Å². The monoisotopic (exact) mass is 796 g/mol. The van der Waals surface area contributed by atoms with Crippen LogP contribution in [0.15, 0.2) is 11.6 Å². The van der Waals surface area contributed by atoms with E-state index >= 15 is 0 Å². The molecule has 20 atom stereocenters. The van der Waals surface area contributed by atoms with Crippen LogP contribution in [0.4, 0.5) is 0 Å². The zero-order chi connectivity index (χ0) is 41.1. The first-order valence-corrected chi connectivity index (χ1v) is 20.5. The van der Waals surface area contributed by atoms with Gasteiger partial charge in [0.25, 0.3) is 0 Å². The lowest BCUT2D eigenvalue weighted by atomic mass is 9.33. The molecule has 5 aliphatic carbocycles. The number of aliphatic hydroxyl groups excluding tert-OH is 8. The second-order valence-corrected chi connectivity index (χ2v) is 20.0. The third-order valence-electron chi connectivity index (χ3n) is 17.1. The van der Waals surface area contributed by atoms with E-state index in [4.69, 9.17) is 18.9 Å². The van der Waals surface area contributed by atoms with E-state index in [0.717, 1.165) is 19.3 Å². The quantitative estimate of drug-likeness (QED) is 0.103. The highest BCUT2D eigenvalue weighted by Gasteiger charge is 2.72. The fourth-order valence-corrected chi connectivity index (χ4v) is 13.3. The highest BCUT2D eigenvalue weighted by atomic mass is 16.7. The summed E-state index contributed by atoms with van der Waals surface area (Å²) in [6.45, 7) is 11.4. The molecular formula is C41H64O15. The molecule has 0 spiro atoms. The number of carboxylic acid groups (broad SMARTS) is 1. The number of carbonyl (C=O) groups is 2. The standard InChI is InChI=1S/C41H64O15/c1-36-11-12-37(2,35(52)56-33-30(49)28(47)27(46)23(17-42)54-33)15-20(36)19-7-8-24-38(3)10-9-25(55-32-29(48)26(45)22(44)18-53-32)41(6,34(50)51)31(38)21(43)16-40(24,5)39(19,4)14-13-36/h7,20-33,42-49H,8-18H2,1-6H3,(H,50,51). The molecule has 2 saturated heterocycles. The molecule has 9 N–H and O–H groups in total. The van der Waals surface area contributed by atoms with E-state index in [2.05, 4.69) is 33.8 Å². The lowest BCUT2D eigenvalue weighted by Crippen LogP contribution is -2.70. The molecule has 0 amide bonds. The van der Waals surface area contributed by atoms with Crippen molar-refractivity contribution in [2.45, 2.75) is 167 Å². The second kappa shape index (κ2) is 14.2. The van der Waals surface area contributed by atoms with Crippen LogP contribution in [-0.2, 0) is 28.5 Å². The fraction of sp³-hybridized carbons (Fsp3) is 0.902. The number of ether oxygens (including phenoxy) is 4. The highest BCUT2D eigenvalue weighted by Crippen LogP contribution is 2.76. The van der Waals surface area contributed by atoms with Gasteiger partial charge in [-0.25, -0.2) is 0 Å². The number of rotatable bonds is 6. The Hall–Kier alpha value is -1.76. The third-order valence-corrected chi connectivity index (χ3v) is 17.1. The van der Waals surface area contributed by atoms with Crippen LogP contribution in [-0.4, -0.2) is 139 Å². The lowest BCUT2D eigenvalue weighted by Gasteiger charge is -2.72. The number of fused-ring (bicyclic) bond motifs is 7. The summed E-state index contributed by atoms with van der Waals surface area (Å²) in [4.78, 5) is 27.4. The Morgan fingerprint density at radius 1 is 0.804 bits per heavy atom. The van der Waals surface area contributed by atoms with Gasteiger partial charge in [0.05, 0.1) is 36.3 Å². The van der Waals surface area contributed by atoms with Gasteiger partial charge in [-0.2, -0.15) is 0 Å². The topological polar surface area (TPSA) is 253 Å². The summed E-state index contributed by atoms with van der Waals surface area (Å²) < 4.78 is 23.0.